The monoisotopic (exact) mass is 576 g/mol. The van der Waals surface area contributed by atoms with E-state index in [2.05, 4.69) is 11.6 Å². The zero-order valence-corrected chi connectivity index (χ0v) is 23.6. The van der Waals surface area contributed by atoms with Crippen molar-refractivity contribution in [3.05, 3.63) is 81.3 Å². The highest BCUT2D eigenvalue weighted by Crippen LogP contribution is 2.31. The third-order valence-corrected chi connectivity index (χ3v) is 7.64. The molecule has 0 radical (unpaired) electrons. The molecule has 0 aliphatic carbocycles. The number of nitrogens with zero attached hydrogens (tertiary/aromatic N) is 6. The number of halogens is 1. The lowest BCUT2D eigenvalue weighted by Gasteiger charge is -2.33. The van der Waals surface area contributed by atoms with Gasteiger partial charge in [-0.2, -0.15) is 5.26 Å². The normalized spacial score (nSPS) is 15.1. The van der Waals surface area contributed by atoms with Gasteiger partial charge in [-0.25, -0.2) is 18.8 Å². The van der Waals surface area contributed by atoms with Crippen molar-refractivity contribution in [3.8, 4) is 22.5 Å². The maximum atomic E-state index is 13.6. The van der Waals surface area contributed by atoms with Gasteiger partial charge in [-0.3, -0.25) is 9.59 Å². The van der Waals surface area contributed by atoms with E-state index in [0.717, 1.165) is 17.7 Å². The van der Waals surface area contributed by atoms with Crippen LogP contribution in [-0.2, 0) is 22.5 Å². The molecule has 4 aromatic rings. The van der Waals surface area contributed by atoms with Crippen LogP contribution >= 0.6 is 11.3 Å². The maximum Gasteiger partial charge on any atom is 0.302 e. The van der Waals surface area contributed by atoms with Crippen LogP contribution in [0.15, 0.2) is 53.9 Å². The zero-order chi connectivity index (χ0) is 29.1. The number of carbonyl (C=O) groups excluding carboxylic acids is 1. The lowest BCUT2D eigenvalue weighted by atomic mass is 10.1. The second kappa shape index (κ2) is 11.9. The van der Waals surface area contributed by atoms with Crippen molar-refractivity contribution in [3.63, 3.8) is 0 Å². The van der Waals surface area contributed by atoms with Gasteiger partial charge in [-0.05, 0) is 31.0 Å². The second-order valence-electron chi connectivity index (χ2n) is 9.86. The van der Waals surface area contributed by atoms with Gasteiger partial charge in [0.05, 0.1) is 31.3 Å². The molecule has 0 unspecified atom stereocenters. The first-order chi connectivity index (χ1) is 19.8. The first kappa shape index (κ1) is 28.0. The third-order valence-electron chi connectivity index (χ3n) is 6.64. The Bertz CT molecular complexity index is 1720. The first-order valence-corrected chi connectivity index (χ1v) is 14.1. The SMILES string of the molecule is C=C1CN(C(=O)Cn2ccn3c(=O)c(OCCCC)c(-c4ncc(Cc5ccc(F)cc5C#N)s4)nc23)C[C@H](C)O1. The number of fused-ring (bicyclic) bond motifs is 1. The summed E-state index contributed by atoms with van der Waals surface area (Å²) in [6, 6.07) is 6.13. The summed E-state index contributed by atoms with van der Waals surface area (Å²) in [4.78, 5) is 38.5. The standard InChI is InChI=1S/C29H29FN6O4S/c1-4-5-10-39-26-25(27-32-14-23(41-27)12-20-6-7-22(30)11-21(20)13-31)33-29-34(8-9-36(29)28(26)38)17-24(37)35-15-18(2)40-19(3)16-35/h6-9,11,14,19H,2,4-5,10,12,15-17H2,1,3H3/t19-/m0/s1. The van der Waals surface area contributed by atoms with Crippen molar-refractivity contribution in [2.75, 3.05) is 19.7 Å². The number of aromatic nitrogens is 4. The van der Waals surface area contributed by atoms with E-state index in [-0.39, 0.29) is 41.3 Å². The van der Waals surface area contributed by atoms with E-state index < -0.39 is 11.4 Å². The summed E-state index contributed by atoms with van der Waals surface area (Å²) in [5, 5.41) is 9.88. The van der Waals surface area contributed by atoms with Crippen molar-refractivity contribution in [1.82, 2.24) is 23.8 Å². The summed E-state index contributed by atoms with van der Waals surface area (Å²) in [5.74, 6) is 0.267. The molecule has 1 aliphatic heterocycles. The Hall–Kier alpha value is -4.50. The molecule has 3 aromatic heterocycles. The molecular formula is C29H29FN6O4S. The van der Waals surface area contributed by atoms with Crippen LogP contribution in [0.4, 0.5) is 4.39 Å². The molecule has 1 aromatic carbocycles. The number of carbonyl (C=O) groups is 1. The number of rotatable bonds is 9. The summed E-state index contributed by atoms with van der Waals surface area (Å²) < 4.78 is 28.1. The molecule has 1 saturated heterocycles. The van der Waals surface area contributed by atoms with Crippen molar-refractivity contribution in [2.45, 2.75) is 45.8 Å². The number of hydrogen-bond acceptors (Lipinski definition) is 8. The van der Waals surface area contributed by atoms with Gasteiger partial charge in [0.15, 0.2) is 5.69 Å². The maximum absolute atomic E-state index is 13.6. The molecule has 5 rings (SSSR count). The lowest BCUT2D eigenvalue weighted by Crippen LogP contribution is -2.44. The van der Waals surface area contributed by atoms with Gasteiger partial charge in [0.25, 0.3) is 0 Å². The molecule has 1 aliphatic rings. The van der Waals surface area contributed by atoms with Crippen LogP contribution in [-0.4, -0.2) is 55.5 Å². The molecule has 1 fully saturated rings. The van der Waals surface area contributed by atoms with Gasteiger partial charge < -0.3 is 18.9 Å². The number of ether oxygens (including phenoxy) is 2. The van der Waals surface area contributed by atoms with E-state index in [0.29, 0.717) is 42.4 Å². The Morgan fingerprint density at radius 3 is 2.95 bits per heavy atom. The quantitative estimate of drug-likeness (QED) is 0.275. The van der Waals surface area contributed by atoms with Crippen LogP contribution in [0.1, 0.15) is 42.7 Å². The average molecular weight is 577 g/mol. The van der Waals surface area contributed by atoms with Crippen molar-refractivity contribution >= 4 is 23.0 Å². The summed E-state index contributed by atoms with van der Waals surface area (Å²) in [5.41, 5.74) is 0.798. The minimum atomic E-state index is -0.475. The fraction of sp³-hybridized carbons (Fsp3) is 0.345. The van der Waals surface area contributed by atoms with E-state index in [1.807, 2.05) is 19.9 Å². The highest BCUT2D eigenvalue weighted by Gasteiger charge is 2.26. The Balaban J connectivity index is 1.50. The minimum Gasteiger partial charge on any atom is -0.492 e. The molecule has 4 heterocycles. The number of hydrogen-bond donors (Lipinski definition) is 0. The molecule has 0 N–H and O–H groups in total. The number of morpholine rings is 1. The second-order valence-corrected chi connectivity index (χ2v) is 11.0. The Kier molecular flexibility index (Phi) is 8.16. The molecule has 212 valence electrons. The number of amides is 1. The summed E-state index contributed by atoms with van der Waals surface area (Å²) in [6.07, 6.45) is 6.71. The third kappa shape index (κ3) is 6.00. The number of thiazole rings is 1. The van der Waals surface area contributed by atoms with Gasteiger partial charge in [0.1, 0.15) is 29.2 Å². The average Bonchev–Trinajstić information content (AvgIpc) is 3.57. The fourth-order valence-corrected chi connectivity index (χ4v) is 5.57. The molecule has 1 atom stereocenters. The van der Waals surface area contributed by atoms with Crippen LogP contribution in [0.25, 0.3) is 16.5 Å². The number of imidazole rings is 1. The highest BCUT2D eigenvalue weighted by molar-refractivity contribution is 7.15. The molecule has 41 heavy (non-hydrogen) atoms. The molecule has 0 bridgehead atoms. The van der Waals surface area contributed by atoms with Gasteiger partial charge in [0.2, 0.25) is 17.4 Å². The van der Waals surface area contributed by atoms with Crippen LogP contribution in [0.3, 0.4) is 0 Å². The van der Waals surface area contributed by atoms with E-state index in [1.54, 1.807) is 34.1 Å². The molecule has 10 nitrogen and oxygen atoms in total. The molecule has 0 spiro atoms. The number of unbranched alkanes of at least 4 members (excludes halogenated alkanes) is 1. The molecule has 0 saturated carbocycles. The van der Waals surface area contributed by atoms with Gasteiger partial charge in [-0.1, -0.05) is 26.0 Å². The number of benzene rings is 1. The van der Waals surface area contributed by atoms with Crippen molar-refractivity contribution in [1.29, 1.82) is 5.26 Å². The largest absolute Gasteiger partial charge is 0.492 e. The molecule has 12 heteroatoms. The number of nitriles is 1. The minimum absolute atomic E-state index is 0.0248. The van der Waals surface area contributed by atoms with E-state index in [4.69, 9.17) is 14.5 Å². The lowest BCUT2D eigenvalue weighted by molar-refractivity contribution is -0.135. The van der Waals surface area contributed by atoms with Crippen LogP contribution in [0.5, 0.6) is 5.75 Å². The highest BCUT2D eigenvalue weighted by atomic mass is 32.1. The Morgan fingerprint density at radius 1 is 1.37 bits per heavy atom. The molecular weight excluding hydrogens is 547 g/mol. The van der Waals surface area contributed by atoms with E-state index >= 15 is 0 Å². The van der Waals surface area contributed by atoms with Crippen LogP contribution < -0.4 is 10.3 Å². The fourth-order valence-electron chi connectivity index (χ4n) is 4.65. The van der Waals surface area contributed by atoms with Crippen LogP contribution in [0, 0.1) is 17.1 Å². The topological polar surface area (TPSA) is 115 Å². The van der Waals surface area contributed by atoms with Crippen molar-refractivity contribution in [2.24, 2.45) is 0 Å². The Labute approximate surface area is 239 Å². The molecule has 1 amide bonds. The summed E-state index contributed by atoms with van der Waals surface area (Å²) >= 11 is 1.31. The first-order valence-electron chi connectivity index (χ1n) is 13.3. The predicted molar refractivity (Wildman–Crippen MR) is 151 cm³/mol. The predicted octanol–water partition coefficient (Wildman–Crippen LogP) is 4.16. The van der Waals surface area contributed by atoms with Gasteiger partial charge in [0, 0.05) is 29.9 Å². The van der Waals surface area contributed by atoms with E-state index in [9.17, 15) is 19.2 Å². The van der Waals surface area contributed by atoms with Crippen molar-refractivity contribution < 1.29 is 18.7 Å². The summed E-state index contributed by atoms with van der Waals surface area (Å²) in [6.45, 7) is 8.81. The van der Waals surface area contributed by atoms with Gasteiger partial charge >= 0.3 is 5.56 Å². The van der Waals surface area contributed by atoms with Crippen LogP contribution in [0.2, 0.25) is 0 Å². The Morgan fingerprint density at radius 2 is 2.20 bits per heavy atom. The summed E-state index contributed by atoms with van der Waals surface area (Å²) in [7, 11) is 0. The van der Waals surface area contributed by atoms with E-state index in [1.165, 1.54) is 27.9 Å². The smallest absolute Gasteiger partial charge is 0.302 e. The zero-order valence-electron chi connectivity index (χ0n) is 22.8. The van der Waals surface area contributed by atoms with Gasteiger partial charge in [-0.15, -0.1) is 11.3 Å².